The molecule has 2 aromatic heterocycles. The number of hydrogen-bond donors (Lipinski definition) is 0. The van der Waals surface area contributed by atoms with Crippen molar-refractivity contribution in [2.75, 3.05) is 13.1 Å². The van der Waals surface area contributed by atoms with Crippen molar-refractivity contribution >= 4 is 39.1 Å². The highest BCUT2D eigenvalue weighted by atomic mass is 35.5. The van der Waals surface area contributed by atoms with E-state index in [1.54, 1.807) is 9.47 Å². The average molecular weight is 384 g/mol. The molecule has 25 heavy (non-hydrogen) atoms. The molecule has 0 aromatic carbocycles. The highest BCUT2D eigenvalue weighted by Crippen LogP contribution is 2.32. The zero-order chi connectivity index (χ0) is 18.3. The van der Waals surface area contributed by atoms with E-state index in [0.29, 0.717) is 40.3 Å². The van der Waals surface area contributed by atoms with E-state index in [9.17, 15) is 14.4 Å². The number of carbonyl (C=O) groups excluding carboxylic acids is 1. The Labute approximate surface area is 154 Å². The Morgan fingerprint density at radius 3 is 2.44 bits per heavy atom. The van der Waals surface area contributed by atoms with Crippen LogP contribution < -0.4 is 11.2 Å². The number of halogens is 1. The van der Waals surface area contributed by atoms with Crippen LogP contribution in [0.4, 0.5) is 0 Å². The Balaban J connectivity index is 2.33. The SMILES string of the molecule is CC(C)Cn1c(=O)n(C)c(=O)c2c(C(=O)N3CCCC3)c(CCl)sc21. The molecule has 0 saturated carbocycles. The second-order valence-corrected chi connectivity index (χ2v) is 8.22. The van der Waals surface area contributed by atoms with Crippen molar-refractivity contribution in [1.29, 1.82) is 0 Å². The van der Waals surface area contributed by atoms with Gasteiger partial charge in [-0.15, -0.1) is 22.9 Å². The molecule has 1 fully saturated rings. The van der Waals surface area contributed by atoms with E-state index in [1.165, 1.54) is 18.4 Å². The molecule has 0 aliphatic carbocycles. The largest absolute Gasteiger partial charge is 0.339 e. The zero-order valence-corrected chi connectivity index (χ0v) is 16.2. The quantitative estimate of drug-likeness (QED) is 0.761. The van der Waals surface area contributed by atoms with Crippen LogP contribution in [0.5, 0.6) is 0 Å². The fourth-order valence-corrected chi connectivity index (χ4v) is 4.73. The number of nitrogens with zero attached hydrogens (tertiary/aromatic N) is 3. The molecule has 0 spiro atoms. The Bertz CT molecular complexity index is 935. The van der Waals surface area contributed by atoms with Crippen molar-refractivity contribution < 1.29 is 4.79 Å². The molecule has 0 bridgehead atoms. The first-order valence-electron chi connectivity index (χ1n) is 8.47. The van der Waals surface area contributed by atoms with Crippen molar-refractivity contribution in [2.45, 2.75) is 39.1 Å². The first-order chi connectivity index (χ1) is 11.9. The predicted molar refractivity (Wildman–Crippen MR) is 101 cm³/mol. The third kappa shape index (κ3) is 3.04. The molecule has 3 heterocycles. The maximum absolute atomic E-state index is 13.0. The molecule has 8 heteroatoms. The summed E-state index contributed by atoms with van der Waals surface area (Å²) in [5.41, 5.74) is -0.390. The Morgan fingerprint density at radius 1 is 1.24 bits per heavy atom. The van der Waals surface area contributed by atoms with E-state index >= 15 is 0 Å². The summed E-state index contributed by atoms with van der Waals surface area (Å²) in [5.74, 6) is 0.233. The van der Waals surface area contributed by atoms with Gasteiger partial charge < -0.3 is 4.90 Å². The second-order valence-electron chi connectivity index (χ2n) is 6.86. The average Bonchev–Trinajstić information content (AvgIpc) is 3.23. The lowest BCUT2D eigenvalue weighted by atomic mass is 10.1. The zero-order valence-electron chi connectivity index (χ0n) is 14.7. The van der Waals surface area contributed by atoms with Gasteiger partial charge in [-0.25, -0.2) is 4.79 Å². The number of hydrogen-bond acceptors (Lipinski definition) is 4. The monoisotopic (exact) mass is 383 g/mol. The first-order valence-corrected chi connectivity index (χ1v) is 9.82. The molecule has 3 rings (SSSR count). The van der Waals surface area contributed by atoms with E-state index in [-0.39, 0.29) is 23.4 Å². The van der Waals surface area contributed by atoms with Crippen LogP contribution in [0.1, 0.15) is 41.9 Å². The van der Waals surface area contributed by atoms with Crippen LogP contribution in [0.3, 0.4) is 0 Å². The molecule has 0 atom stereocenters. The summed E-state index contributed by atoms with van der Waals surface area (Å²) in [6.07, 6.45) is 1.94. The Kier molecular flexibility index (Phi) is 5.06. The number of carbonyl (C=O) groups is 1. The summed E-state index contributed by atoms with van der Waals surface area (Å²) in [4.78, 5) is 41.4. The van der Waals surface area contributed by atoms with E-state index < -0.39 is 5.56 Å². The van der Waals surface area contributed by atoms with Gasteiger partial charge in [-0.2, -0.15) is 0 Å². The number of alkyl halides is 1. The molecular formula is C17H22ClN3O3S. The van der Waals surface area contributed by atoms with Crippen LogP contribution in [-0.2, 0) is 19.5 Å². The minimum absolute atomic E-state index is 0.146. The fourth-order valence-electron chi connectivity index (χ4n) is 3.30. The number of aromatic nitrogens is 2. The summed E-state index contributed by atoms with van der Waals surface area (Å²) in [5, 5.41) is 0.334. The van der Waals surface area contributed by atoms with Crippen molar-refractivity contribution in [3.05, 3.63) is 31.3 Å². The molecular weight excluding hydrogens is 362 g/mol. The summed E-state index contributed by atoms with van der Waals surface area (Å²) in [6.45, 7) is 5.90. The van der Waals surface area contributed by atoms with E-state index in [2.05, 4.69) is 0 Å². The van der Waals surface area contributed by atoms with Crippen LogP contribution in [0, 0.1) is 5.92 Å². The summed E-state index contributed by atoms with van der Waals surface area (Å²) >= 11 is 7.37. The summed E-state index contributed by atoms with van der Waals surface area (Å²) in [6, 6.07) is 0. The maximum Gasteiger partial charge on any atom is 0.331 e. The Morgan fingerprint density at radius 2 is 1.88 bits per heavy atom. The highest BCUT2D eigenvalue weighted by molar-refractivity contribution is 7.19. The van der Waals surface area contributed by atoms with Crippen molar-refractivity contribution in [3.8, 4) is 0 Å². The van der Waals surface area contributed by atoms with Crippen molar-refractivity contribution in [2.24, 2.45) is 13.0 Å². The lowest BCUT2D eigenvalue weighted by Gasteiger charge is -2.16. The number of fused-ring (bicyclic) bond motifs is 1. The second kappa shape index (κ2) is 6.96. The van der Waals surface area contributed by atoms with Crippen LogP contribution >= 0.6 is 22.9 Å². The van der Waals surface area contributed by atoms with Gasteiger partial charge in [0.05, 0.1) is 16.8 Å². The number of amides is 1. The predicted octanol–water partition coefficient (Wildman–Crippen LogP) is 2.39. The van der Waals surface area contributed by atoms with Crippen LogP contribution in [-0.4, -0.2) is 33.0 Å². The molecule has 1 aliphatic rings. The molecule has 0 unspecified atom stereocenters. The van der Waals surface area contributed by atoms with Gasteiger partial charge in [-0.05, 0) is 18.8 Å². The van der Waals surface area contributed by atoms with Crippen LogP contribution in [0.25, 0.3) is 10.2 Å². The standard InChI is InChI=1S/C17H22ClN3O3S/c1-10(2)9-21-16-13(14(22)19(3)17(21)24)12(11(8-18)25-16)15(23)20-6-4-5-7-20/h10H,4-9H2,1-3H3. The van der Waals surface area contributed by atoms with Crippen LogP contribution in [0.15, 0.2) is 9.59 Å². The number of thiophene rings is 1. The van der Waals surface area contributed by atoms with E-state index in [1.807, 2.05) is 13.8 Å². The van der Waals surface area contributed by atoms with Gasteiger partial charge in [-0.3, -0.25) is 18.7 Å². The van der Waals surface area contributed by atoms with Gasteiger partial charge in [0.2, 0.25) is 0 Å². The van der Waals surface area contributed by atoms with Gasteiger partial charge >= 0.3 is 5.69 Å². The van der Waals surface area contributed by atoms with Gasteiger partial charge in [0.15, 0.2) is 0 Å². The smallest absolute Gasteiger partial charge is 0.331 e. The molecule has 1 saturated heterocycles. The summed E-state index contributed by atoms with van der Waals surface area (Å²) < 4.78 is 2.69. The fraction of sp³-hybridized carbons (Fsp3) is 0.588. The highest BCUT2D eigenvalue weighted by Gasteiger charge is 2.29. The minimum atomic E-state index is -0.421. The van der Waals surface area contributed by atoms with Crippen molar-refractivity contribution in [1.82, 2.24) is 14.0 Å². The summed E-state index contributed by atoms with van der Waals surface area (Å²) in [7, 11) is 1.46. The molecule has 0 radical (unpaired) electrons. The van der Waals surface area contributed by atoms with E-state index in [0.717, 1.165) is 17.4 Å². The lowest BCUT2D eigenvalue weighted by Crippen LogP contribution is -2.39. The maximum atomic E-state index is 13.0. The molecule has 6 nitrogen and oxygen atoms in total. The van der Waals surface area contributed by atoms with Gasteiger partial charge in [-0.1, -0.05) is 13.8 Å². The van der Waals surface area contributed by atoms with Gasteiger partial charge in [0.25, 0.3) is 11.5 Å². The molecule has 136 valence electrons. The van der Waals surface area contributed by atoms with Gasteiger partial charge in [0.1, 0.15) is 4.83 Å². The number of rotatable bonds is 4. The molecule has 2 aromatic rings. The Hall–Kier alpha value is -1.60. The molecule has 0 N–H and O–H groups in total. The van der Waals surface area contributed by atoms with Crippen LogP contribution in [0.2, 0.25) is 0 Å². The first kappa shape index (κ1) is 18.2. The van der Waals surface area contributed by atoms with Gasteiger partial charge in [0, 0.05) is 31.6 Å². The molecule has 1 amide bonds. The normalized spacial score (nSPS) is 14.8. The lowest BCUT2D eigenvalue weighted by molar-refractivity contribution is 0.0794. The topological polar surface area (TPSA) is 64.3 Å². The third-order valence-corrected chi connectivity index (χ3v) is 6.16. The number of likely N-dealkylation sites (tertiary alicyclic amines) is 1. The van der Waals surface area contributed by atoms with E-state index in [4.69, 9.17) is 11.6 Å². The third-order valence-electron chi connectivity index (χ3n) is 4.52. The molecule has 1 aliphatic heterocycles. The minimum Gasteiger partial charge on any atom is -0.339 e. The van der Waals surface area contributed by atoms with Crippen molar-refractivity contribution in [3.63, 3.8) is 0 Å².